The van der Waals surface area contributed by atoms with Gasteiger partial charge in [0, 0.05) is 25.2 Å². The number of nitrogens with one attached hydrogen (secondary N) is 2. The first-order valence-corrected chi connectivity index (χ1v) is 9.27. The first-order chi connectivity index (χ1) is 13.0. The number of anilines is 1. The minimum atomic E-state index is 0.0195. The van der Waals surface area contributed by atoms with E-state index in [1.54, 1.807) is 14.2 Å². The summed E-state index contributed by atoms with van der Waals surface area (Å²) >= 11 is 0. The fourth-order valence-electron chi connectivity index (χ4n) is 2.97. The van der Waals surface area contributed by atoms with Crippen LogP contribution in [0, 0.1) is 6.92 Å². The lowest BCUT2D eigenvalue weighted by molar-refractivity contribution is -0.116. The fourth-order valence-corrected chi connectivity index (χ4v) is 2.97. The lowest BCUT2D eigenvalue weighted by Crippen LogP contribution is -2.22. The highest BCUT2D eigenvalue weighted by atomic mass is 16.5. The zero-order valence-electron chi connectivity index (χ0n) is 16.9. The van der Waals surface area contributed by atoms with E-state index in [1.807, 2.05) is 37.3 Å². The molecule has 0 aliphatic rings. The predicted molar refractivity (Wildman–Crippen MR) is 110 cm³/mol. The van der Waals surface area contributed by atoms with Gasteiger partial charge in [-0.15, -0.1) is 0 Å². The molecule has 2 N–H and O–H groups in total. The molecule has 2 rings (SSSR count). The highest BCUT2D eigenvalue weighted by molar-refractivity contribution is 5.92. The number of hydrogen-bond acceptors (Lipinski definition) is 4. The molecule has 0 saturated heterocycles. The van der Waals surface area contributed by atoms with E-state index in [-0.39, 0.29) is 5.91 Å². The van der Waals surface area contributed by atoms with Crippen LogP contribution in [-0.4, -0.2) is 26.7 Å². The van der Waals surface area contributed by atoms with Gasteiger partial charge in [0.05, 0.1) is 14.2 Å². The third kappa shape index (κ3) is 5.73. The van der Waals surface area contributed by atoms with E-state index in [2.05, 4.69) is 30.5 Å². The smallest absolute Gasteiger partial charge is 0.225 e. The minimum absolute atomic E-state index is 0.0195. The lowest BCUT2D eigenvalue weighted by Gasteiger charge is -2.16. The molecule has 5 nitrogen and oxygen atoms in total. The third-order valence-electron chi connectivity index (χ3n) is 4.50. The van der Waals surface area contributed by atoms with Crippen LogP contribution in [0.5, 0.6) is 11.5 Å². The molecule has 0 heterocycles. The number of carbonyl (C=O) groups is 1. The Hall–Kier alpha value is -2.53. The summed E-state index contributed by atoms with van der Waals surface area (Å²) in [6.45, 7) is 7.55. The third-order valence-corrected chi connectivity index (χ3v) is 4.50. The van der Waals surface area contributed by atoms with Crippen molar-refractivity contribution in [2.45, 2.75) is 39.7 Å². The van der Waals surface area contributed by atoms with Crippen molar-refractivity contribution < 1.29 is 14.3 Å². The second-order valence-corrected chi connectivity index (χ2v) is 6.86. The number of benzene rings is 2. The van der Waals surface area contributed by atoms with Gasteiger partial charge >= 0.3 is 0 Å². The summed E-state index contributed by atoms with van der Waals surface area (Å²) < 4.78 is 10.6. The maximum atomic E-state index is 12.3. The van der Waals surface area contributed by atoms with Gasteiger partial charge in [-0.2, -0.15) is 0 Å². The topological polar surface area (TPSA) is 59.6 Å². The van der Waals surface area contributed by atoms with Gasteiger partial charge in [0.1, 0.15) is 0 Å². The monoisotopic (exact) mass is 370 g/mol. The Bertz CT molecular complexity index is 772. The molecule has 1 amide bonds. The van der Waals surface area contributed by atoms with E-state index in [0.29, 0.717) is 36.9 Å². The van der Waals surface area contributed by atoms with Gasteiger partial charge in [0.25, 0.3) is 0 Å². The summed E-state index contributed by atoms with van der Waals surface area (Å²) in [6, 6.07) is 11.9. The predicted octanol–water partition coefficient (Wildman–Crippen LogP) is 4.25. The molecule has 0 spiro atoms. The van der Waals surface area contributed by atoms with Crippen molar-refractivity contribution in [1.29, 1.82) is 0 Å². The number of para-hydroxylation sites is 1. The molecule has 0 aromatic heterocycles. The van der Waals surface area contributed by atoms with Crippen LogP contribution < -0.4 is 20.1 Å². The first kappa shape index (κ1) is 20.8. The average molecular weight is 370 g/mol. The number of amides is 1. The van der Waals surface area contributed by atoms with Gasteiger partial charge in [-0.1, -0.05) is 38.1 Å². The van der Waals surface area contributed by atoms with Crippen LogP contribution in [0.3, 0.4) is 0 Å². The molecular formula is C22H30N2O3. The molecule has 0 atom stereocenters. The molecule has 2 aromatic rings. The molecule has 0 bridgehead atoms. The van der Waals surface area contributed by atoms with E-state index < -0.39 is 0 Å². The largest absolute Gasteiger partial charge is 0.493 e. The molecule has 5 heteroatoms. The summed E-state index contributed by atoms with van der Waals surface area (Å²) in [6.07, 6.45) is 0.416. The van der Waals surface area contributed by atoms with Crippen molar-refractivity contribution in [1.82, 2.24) is 5.32 Å². The van der Waals surface area contributed by atoms with Crippen molar-refractivity contribution in [3.05, 3.63) is 53.1 Å². The number of hydrogen-bond donors (Lipinski definition) is 2. The zero-order valence-corrected chi connectivity index (χ0v) is 16.9. The Balaban J connectivity index is 1.85. The molecule has 2 aromatic carbocycles. The summed E-state index contributed by atoms with van der Waals surface area (Å²) in [5, 5.41) is 6.38. The number of carbonyl (C=O) groups excluding carboxylic acids is 1. The van der Waals surface area contributed by atoms with Gasteiger partial charge < -0.3 is 20.1 Å². The Morgan fingerprint density at radius 2 is 1.81 bits per heavy atom. The lowest BCUT2D eigenvalue weighted by atomic mass is 9.98. The van der Waals surface area contributed by atoms with E-state index in [1.165, 1.54) is 5.56 Å². The molecule has 0 fully saturated rings. The van der Waals surface area contributed by atoms with Crippen LogP contribution in [0.2, 0.25) is 0 Å². The normalized spacial score (nSPS) is 10.7. The van der Waals surface area contributed by atoms with Gasteiger partial charge in [-0.3, -0.25) is 4.79 Å². The molecule has 0 unspecified atom stereocenters. The standard InChI is InChI=1S/C22H30N2O3/c1-15(2)18-8-6-7-16(3)22(18)24-21(25)11-12-23-14-17-9-10-19(26-4)20(13-17)27-5/h6-10,13,15,23H,11-12,14H2,1-5H3,(H,24,25). The Labute approximate surface area is 162 Å². The molecule has 0 saturated carbocycles. The van der Waals surface area contributed by atoms with Crippen LogP contribution in [0.15, 0.2) is 36.4 Å². The SMILES string of the molecule is COc1ccc(CNCCC(=O)Nc2c(C)cccc2C(C)C)cc1OC. The quantitative estimate of drug-likeness (QED) is 0.648. The maximum Gasteiger partial charge on any atom is 0.225 e. The highest BCUT2D eigenvalue weighted by Crippen LogP contribution is 2.28. The van der Waals surface area contributed by atoms with E-state index in [9.17, 15) is 4.79 Å². The number of ether oxygens (including phenoxy) is 2. The Morgan fingerprint density at radius 3 is 2.48 bits per heavy atom. The van der Waals surface area contributed by atoms with Crippen molar-refractivity contribution in [2.75, 3.05) is 26.1 Å². The summed E-state index contributed by atoms with van der Waals surface area (Å²) in [5.41, 5.74) is 4.28. The van der Waals surface area contributed by atoms with Crippen LogP contribution in [0.4, 0.5) is 5.69 Å². The Kier molecular flexibility index (Phi) is 7.67. The highest BCUT2D eigenvalue weighted by Gasteiger charge is 2.12. The van der Waals surface area contributed by atoms with Crippen molar-refractivity contribution >= 4 is 11.6 Å². The first-order valence-electron chi connectivity index (χ1n) is 9.27. The van der Waals surface area contributed by atoms with Crippen LogP contribution in [-0.2, 0) is 11.3 Å². The molecule has 0 aliphatic carbocycles. The van der Waals surface area contributed by atoms with Crippen LogP contribution in [0.1, 0.15) is 42.9 Å². The van der Waals surface area contributed by atoms with Crippen LogP contribution in [0.25, 0.3) is 0 Å². The average Bonchev–Trinajstić information content (AvgIpc) is 2.66. The second kappa shape index (κ2) is 9.97. The van der Waals surface area contributed by atoms with Gasteiger partial charge in [-0.25, -0.2) is 0 Å². The number of aryl methyl sites for hydroxylation is 1. The Morgan fingerprint density at radius 1 is 1.07 bits per heavy atom. The zero-order chi connectivity index (χ0) is 19.8. The number of methoxy groups -OCH3 is 2. The van der Waals surface area contributed by atoms with Gasteiger partial charge in [-0.05, 0) is 41.7 Å². The summed E-state index contributed by atoms with van der Waals surface area (Å²) in [7, 11) is 3.24. The van der Waals surface area contributed by atoms with E-state index >= 15 is 0 Å². The summed E-state index contributed by atoms with van der Waals surface area (Å²) in [5.74, 6) is 1.80. The van der Waals surface area contributed by atoms with Gasteiger partial charge in [0.15, 0.2) is 11.5 Å². The molecule has 146 valence electrons. The van der Waals surface area contributed by atoms with Crippen molar-refractivity contribution in [3.63, 3.8) is 0 Å². The van der Waals surface area contributed by atoms with E-state index in [4.69, 9.17) is 9.47 Å². The van der Waals surface area contributed by atoms with Crippen molar-refractivity contribution in [3.8, 4) is 11.5 Å². The molecule has 27 heavy (non-hydrogen) atoms. The maximum absolute atomic E-state index is 12.3. The molecule has 0 aliphatic heterocycles. The minimum Gasteiger partial charge on any atom is -0.493 e. The summed E-state index contributed by atoms with van der Waals surface area (Å²) in [4.78, 5) is 12.3. The number of rotatable bonds is 9. The van der Waals surface area contributed by atoms with Crippen LogP contribution >= 0.6 is 0 Å². The second-order valence-electron chi connectivity index (χ2n) is 6.86. The molecule has 0 radical (unpaired) electrons. The fraction of sp³-hybridized carbons (Fsp3) is 0.409. The molecular weight excluding hydrogens is 340 g/mol. The van der Waals surface area contributed by atoms with E-state index in [0.717, 1.165) is 16.8 Å². The van der Waals surface area contributed by atoms with Gasteiger partial charge in [0.2, 0.25) is 5.91 Å². The van der Waals surface area contributed by atoms with Crippen molar-refractivity contribution in [2.24, 2.45) is 0 Å².